The van der Waals surface area contributed by atoms with Gasteiger partial charge in [-0.1, -0.05) is 36.4 Å². The lowest BCUT2D eigenvalue weighted by molar-refractivity contribution is -0.120. The lowest BCUT2D eigenvalue weighted by Gasteiger charge is -2.08. The van der Waals surface area contributed by atoms with Crippen molar-refractivity contribution in [3.8, 4) is 5.69 Å². The SMILES string of the molecule is Cc1nn(-c2ccccc2)c(C)c1CNC(=O)Cc1ccc2c(c1)CCC2. The number of carbonyl (C=O) groups is 1. The molecule has 0 spiro atoms. The number of aryl methyl sites for hydroxylation is 3. The highest BCUT2D eigenvalue weighted by Gasteiger charge is 2.15. The second-order valence-electron chi connectivity index (χ2n) is 7.31. The first-order chi connectivity index (χ1) is 13.1. The number of amides is 1. The van der Waals surface area contributed by atoms with E-state index in [9.17, 15) is 4.79 Å². The molecule has 1 aliphatic carbocycles. The summed E-state index contributed by atoms with van der Waals surface area (Å²) in [7, 11) is 0. The first kappa shape index (κ1) is 17.5. The Morgan fingerprint density at radius 1 is 1.07 bits per heavy atom. The van der Waals surface area contributed by atoms with E-state index < -0.39 is 0 Å². The summed E-state index contributed by atoms with van der Waals surface area (Å²) in [5, 5.41) is 7.72. The summed E-state index contributed by atoms with van der Waals surface area (Å²) in [6.07, 6.45) is 3.97. The summed E-state index contributed by atoms with van der Waals surface area (Å²) in [4.78, 5) is 12.4. The van der Waals surface area contributed by atoms with Gasteiger partial charge in [0.1, 0.15) is 0 Å². The van der Waals surface area contributed by atoms with Crippen LogP contribution in [-0.4, -0.2) is 15.7 Å². The van der Waals surface area contributed by atoms with Crippen LogP contribution in [0.1, 0.15) is 40.1 Å². The van der Waals surface area contributed by atoms with E-state index in [-0.39, 0.29) is 5.91 Å². The zero-order valence-corrected chi connectivity index (χ0v) is 16.0. The van der Waals surface area contributed by atoms with Gasteiger partial charge in [0.05, 0.1) is 17.8 Å². The zero-order valence-electron chi connectivity index (χ0n) is 16.0. The van der Waals surface area contributed by atoms with E-state index in [1.54, 1.807) is 0 Å². The predicted octanol–water partition coefficient (Wildman–Crippen LogP) is 3.84. The largest absolute Gasteiger partial charge is 0.352 e. The van der Waals surface area contributed by atoms with E-state index >= 15 is 0 Å². The lowest BCUT2D eigenvalue weighted by Crippen LogP contribution is -2.25. The molecule has 0 atom stereocenters. The molecular weight excluding hydrogens is 334 g/mol. The number of nitrogens with one attached hydrogen (secondary N) is 1. The predicted molar refractivity (Wildman–Crippen MR) is 107 cm³/mol. The molecule has 1 aliphatic rings. The summed E-state index contributed by atoms with van der Waals surface area (Å²) >= 11 is 0. The Morgan fingerprint density at radius 3 is 2.67 bits per heavy atom. The summed E-state index contributed by atoms with van der Waals surface area (Å²) < 4.78 is 1.94. The highest BCUT2D eigenvalue weighted by atomic mass is 16.1. The molecule has 0 unspecified atom stereocenters. The van der Waals surface area contributed by atoms with Gasteiger partial charge in [-0.15, -0.1) is 0 Å². The molecule has 0 saturated heterocycles. The van der Waals surface area contributed by atoms with Gasteiger partial charge in [0.2, 0.25) is 5.91 Å². The summed E-state index contributed by atoms with van der Waals surface area (Å²) in [6.45, 7) is 4.55. The quantitative estimate of drug-likeness (QED) is 0.752. The minimum atomic E-state index is 0.0548. The third-order valence-corrected chi connectivity index (χ3v) is 5.43. The van der Waals surface area contributed by atoms with Gasteiger partial charge < -0.3 is 5.32 Å². The molecule has 27 heavy (non-hydrogen) atoms. The van der Waals surface area contributed by atoms with Crippen molar-refractivity contribution in [2.45, 2.75) is 46.1 Å². The van der Waals surface area contributed by atoms with Crippen LogP contribution in [0.3, 0.4) is 0 Å². The van der Waals surface area contributed by atoms with Crippen molar-refractivity contribution in [3.05, 3.63) is 82.2 Å². The zero-order chi connectivity index (χ0) is 18.8. The van der Waals surface area contributed by atoms with Gasteiger partial charge in [-0.25, -0.2) is 4.68 Å². The Bertz CT molecular complexity index is 973. The summed E-state index contributed by atoms with van der Waals surface area (Å²) in [5.41, 5.74) is 8.09. The van der Waals surface area contributed by atoms with Gasteiger partial charge in [-0.3, -0.25) is 4.79 Å². The van der Waals surface area contributed by atoms with Crippen molar-refractivity contribution in [2.24, 2.45) is 0 Å². The molecule has 1 aromatic heterocycles. The number of para-hydroxylation sites is 1. The van der Waals surface area contributed by atoms with Crippen molar-refractivity contribution in [1.82, 2.24) is 15.1 Å². The molecule has 0 saturated carbocycles. The number of benzene rings is 2. The number of hydrogen-bond donors (Lipinski definition) is 1. The van der Waals surface area contributed by atoms with Crippen LogP contribution in [0.15, 0.2) is 48.5 Å². The molecule has 0 radical (unpaired) electrons. The molecule has 1 heterocycles. The first-order valence-corrected chi connectivity index (χ1v) is 9.59. The minimum absolute atomic E-state index is 0.0548. The smallest absolute Gasteiger partial charge is 0.224 e. The summed E-state index contributed by atoms with van der Waals surface area (Å²) in [5.74, 6) is 0.0548. The fourth-order valence-electron chi connectivity index (χ4n) is 3.92. The van der Waals surface area contributed by atoms with E-state index in [4.69, 9.17) is 0 Å². The fourth-order valence-corrected chi connectivity index (χ4v) is 3.92. The van der Waals surface area contributed by atoms with Crippen LogP contribution in [0.2, 0.25) is 0 Å². The van der Waals surface area contributed by atoms with Crippen LogP contribution in [-0.2, 0) is 30.6 Å². The molecule has 138 valence electrons. The number of rotatable bonds is 5. The van der Waals surface area contributed by atoms with Crippen molar-refractivity contribution in [2.75, 3.05) is 0 Å². The Kier molecular flexibility index (Phi) is 4.80. The van der Waals surface area contributed by atoms with Crippen LogP contribution < -0.4 is 5.32 Å². The first-order valence-electron chi connectivity index (χ1n) is 9.59. The number of hydrogen-bond acceptors (Lipinski definition) is 2. The average Bonchev–Trinajstić information content (AvgIpc) is 3.25. The molecule has 0 bridgehead atoms. The molecule has 4 nitrogen and oxygen atoms in total. The third kappa shape index (κ3) is 3.65. The van der Waals surface area contributed by atoms with Crippen molar-refractivity contribution in [3.63, 3.8) is 0 Å². The van der Waals surface area contributed by atoms with Gasteiger partial charge in [0.15, 0.2) is 0 Å². The maximum Gasteiger partial charge on any atom is 0.224 e. The van der Waals surface area contributed by atoms with E-state index in [0.29, 0.717) is 13.0 Å². The Labute approximate surface area is 160 Å². The number of carbonyl (C=O) groups excluding carboxylic acids is 1. The van der Waals surface area contributed by atoms with Crippen LogP contribution >= 0.6 is 0 Å². The molecule has 0 fully saturated rings. The topological polar surface area (TPSA) is 46.9 Å². The second kappa shape index (κ2) is 7.39. The molecule has 1 N–H and O–H groups in total. The van der Waals surface area contributed by atoms with E-state index in [0.717, 1.165) is 34.6 Å². The fraction of sp³-hybridized carbons (Fsp3) is 0.304. The van der Waals surface area contributed by atoms with Gasteiger partial charge in [0.25, 0.3) is 0 Å². The van der Waals surface area contributed by atoms with Gasteiger partial charge in [-0.2, -0.15) is 5.10 Å². The number of aromatic nitrogens is 2. The highest BCUT2D eigenvalue weighted by Crippen LogP contribution is 2.23. The Balaban J connectivity index is 1.43. The van der Waals surface area contributed by atoms with E-state index in [1.165, 1.54) is 24.0 Å². The average molecular weight is 359 g/mol. The highest BCUT2D eigenvalue weighted by molar-refractivity contribution is 5.78. The molecule has 4 rings (SSSR count). The Hall–Kier alpha value is -2.88. The van der Waals surface area contributed by atoms with Crippen molar-refractivity contribution in [1.29, 1.82) is 0 Å². The summed E-state index contributed by atoms with van der Waals surface area (Å²) in [6, 6.07) is 16.6. The molecule has 4 heteroatoms. The van der Waals surface area contributed by atoms with Crippen LogP contribution in [0.25, 0.3) is 5.69 Å². The number of nitrogens with zero attached hydrogens (tertiary/aromatic N) is 2. The molecule has 2 aromatic carbocycles. The number of fused-ring (bicyclic) bond motifs is 1. The van der Waals surface area contributed by atoms with Crippen molar-refractivity contribution >= 4 is 5.91 Å². The molecule has 0 aliphatic heterocycles. The molecule has 1 amide bonds. The minimum Gasteiger partial charge on any atom is -0.352 e. The van der Waals surface area contributed by atoms with Gasteiger partial charge in [0, 0.05) is 17.8 Å². The normalized spacial score (nSPS) is 12.8. The van der Waals surface area contributed by atoms with E-state index in [2.05, 4.69) is 35.5 Å². The second-order valence-corrected chi connectivity index (χ2v) is 7.31. The van der Waals surface area contributed by atoms with Crippen LogP contribution in [0, 0.1) is 13.8 Å². The van der Waals surface area contributed by atoms with Crippen molar-refractivity contribution < 1.29 is 4.79 Å². The van der Waals surface area contributed by atoms with Crippen LogP contribution in [0.5, 0.6) is 0 Å². The maximum absolute atomic E-state index is 12.4. The van der Waals surface area contributed by atoms with Gasteiger partial charge in [-0.05, 0) is 61.9 Å². The molecular formula is C23H25N3O. The molecule has 3 aromatic rings. The third-order valence-electron chi connectivity index (χ3n) is 5.43. The monoisotopic (exact) mass is 359 g/mol. The van der Waals surface area contributed by atoms with Crippen LogP contribution in [0.4, 0.5) is 0 Å². The maximum atomic E-state index is 12.4. The standard InChI is InChI=1S/C23H25N3O/c1-16-22(17(2)26(25-16)21-9-4-3-5-10-21)15-24-23(27)14-18-11-12-19-7-6-8-20(19)13-18/h3-5,9-13H,6-8,14-15H2,1-2H3,(H,24,27). The van der Waals surface area contributed by atoms with Gasteiger partial charge >= 0.3 is 0 Å². The Morgan fingerprint density at radius 2 is 1.85 bits per heavy atom. The van der Waals surface area contributed by atoms with E-state index in [1.807, 2.05) is 41.9 Å². The lowest BCUT2D eigenvalue weighted by atomic mass is 10.0.